The summed E-state index contributed by atoms with van der Waals surface area (Å²) < 4.78 is 14.9. The molecule has 0 bridgehead atoms. The zero-order valence-electron chi connectivity index (χ0n) is 14.1. The molecule has 0 unspecified atom stereocenters. The van der Waals surface area contributed by atoms with Crippen LogP contribution >= 0.6 is 11.6 Å². The summed E-state index contributed by atoms with van der Waals surface area (Å²) in [5, 5.41) is 4.28. The predicted molar refractivity (Wildman–Crippen MR) is 103 cm³/mol. The summed E-state index contributed by atoms with van der Waals surface area (Å²) in [5.41, 5.74) is 2.78. The Morgan fingerprint density at radius 2 is 1.96 bits per heavy atom. The van der Waals surface area contributed by atoms with E-state index in [9.17, 15) is 14.0 Å². The molecule has 0 atom stereocenters. The van der Waals surface area contributed by atoms with Crippen molar-refractivity contribution in [3.8, 4) is 0 Å². The number of rotatable bonds is 5. The van der Waals surface area contributed by atoms with Crippen molar-refractivity contribution in [3.05, 3.63) is 105 Å². The van der Waals surface area contributed by atoms with E-state index in [4.69, 9.17) is 11.6 Å². The van der Waals surface area contributed by atoms with Gasteiger partial charge in [0.05, 0.1) is 12.8 Å². The molecule has 27 heavy (non-hydrogen) atoms. The van der Waals surface area contributed by atoms with Crippen molar-refractivity contribution in [2.45, 2.75) is 6.54 Å². The molecule has 1 heterocycles. The summed E-state index contributed by atoms with van der Waals surface area (Å²) in [7, 11) is 0. The molecule has 0 radical (unpaired) electrons. The molecule has 0 spiro atoms. The van der Waals surface area contributed by atoms with Crippen LogP contribution in [0.15, 0.2) is 76.8 Å². The number of hydrogen-bond donors (Lipinski definition) is 1. The molecule has 0 aliphatic rings. The van der Waals surface area contributed by atoms with Crippen LogP contribution in [0.5, 0.6) is 0 Å². The number of aromatic nitrogens is 1. The highest BCUT2D eigenvalue weighted by Gasteiger charge is 2.12. The van der Waals surface area contributed by atoms with Gasteiger partial charge in [0.1, 0.15) is 11.4 Å². The number of nitrogens with zero attached hydrogens (tertiary/aromatic N) is 2. The summed E-state index contributed by atoms with van der Waals surface area (Å²) in [6.07, 6.45) is 2.77. The lowest BCUT2D eigenvalue weighted by molar-refractivity contribution is 0.0953. The Labute approximate surface area is 159 Å². The lowest BCUT2D eigenvalue weighted by atomic mass is 10.2. The maximum absolute atomic E-state index is 13.5. The van der Waals surface area contributed by atoms with Gasteiger partial charge in [-0.1, -0.05) is 41.9 Å². The van der Waals surface area contributed by atoms with Gasteiger partial charge in [0.2, 0.25) is 0 Å². The van der Waals surface area contributed by atoms with Crippen LogP contribution in [-0.2, 0) is 6.54 Å². The van der Waals surface area contributed by atoms with E-state index in [1.54, 1.807) is 42.6 Å². The van der Waals surface area contributed by atoms with Crippen molar-refractivity contribution < 1.29 is 9.18 Å². The van der Waals surface area contributed by atoms with Gasteiger partial charge in [-0.25, -0.2) is 9.82 Å². The van der Waals surface area contributed by atoms with Crippen LogP contribution in [0.25, 0.3) is 0 Å². The third-order valence-corrected chi connectivity index (χ3v) is 4.02. The Kier molecular flexibility index (Phi) is 5.78. The van der Waals surface area contributed by atoms with Crippen molar-refractivity contribution in [2.75, 3.05) is 0 Å². The summed E-state index contributed by atoms with van der Waals surface area (Å²) >= 11 is 5.96. The lowest BCUT2D eigenvalue weighted by Crippen LogP contribution is -2.30. The quantitative estimate of drug-likeness (QED) is 0.541. The number of carbonyl (C=O) groups excluding carboxylic acids is 1. The van der Waals surface area contributed by atoms with E-state index >= 15 is 0 Å². The molecule has 3 aromatic rings. The zero-order valence-corrected chi connectivity index (χ0v) is 14.9. The van der Waals surface area contributed by atoms with Gasteiger partial charge in [-0.15, -0.1) is 0 Å². The number of pyridine rings is 1. The minimum Gasteiger partial charge on any atom is -0.310 e. The number of hydrazone groups is 1. The normalized spacial score (nSPS) is 10.9. The van der Waals surface area contributed by atoms with Crippen LogP contribution in [0, 0.1) is 5.82 Å². The van der Waals surface area contributed by atoms with E-state index < -0.39 is 17.3 Å². The topological polar surface area (TPSA) is 63.5 Å². The number of benzene rings is 2. The molecule has 1 aromatic heterocycles. The first kappa shape index (κ1) is 18.5. The third kappa shape index (κ3) is 4.68. The Balaban J connectivity index is 1.76. The van der Waals surface area contributed by atoms with Gasteiger partial charge in [0, 0.05) is 16.8 Å². The second-order valence-electron chi connectivity index (χ2n) is 5.71. The monoisotopic (exact) mass is 383 g/mol. The Bertz CT molecular complexity index is 1060. The first-order valence-corrected chi connectivity index (χ1v) is 8.44. The molecule has 0 saturated heterocycles. The van der Waals surface area contributed by atoms with E-state index in [-0.39, 0.29) is 17.7 Å². The second kappa shape index (κ2) is 8.42. The SMILES string of the molecule is O=C(N/N=C\c1ccccc1F)c1cccn(Cc2cccc(Cl)c2)c1=O. The fourth-order valence-electron chi connectivity index (χ4n) is 2.47. The molecule has 5 nitrogen and oxygen atoms in total. The Morgan fingerprint density at radius 1 is 1.15 bits per heavy atom. The summed E-state index contributed by atoms with van der Waals surface area (Å²) in [6, 6.07) is 16.1. The molecular formula is C20H15ClFN3O2. The summed E-state index contributed by atoms with van der Waals surface area (Å²) in [6.45, 7) is 0.277. The molecule has 7 heteroatoms. The van der Waals surface area contributed by atoms with Gasteiger partial charge in [0.15, 0.2) is 0 Å². The van der Waals surface area contributed by atoms with E-state index in [0.717, 1.165) is 5.56 Å². The average Bonchev–Trinajstić information content (AvgIpc) is 2.65. The second-order valence-corrected chi connectivity index (χ2v) is 6.14. The van der Waals surface area contributed by atoms with Gasteiger partial charge in [-0.2, -0.15) is 5.10 Å². The molecular weight excluding hydrogens is 369 g/mol. The standard InChI is InChI=1S/C20H15ClFN3O2/c21-16-7-3-5-14(11-16)13-25-10-4-8-17(20(25)27)19(26)24-23-12-15-6-1-2-9-18(15)22/h1-12H,13H2,(H,24,26)/b23-12-. The zero-order chi connectivity index (χ0) is 19.2. The van der Waals surface area contributed by atoms with Crippen LogP contribution < -0.4 is 11.0 Å². The first-order valence-electron chi connectivity index (χ1n) is 8.06. The number of hydrogen-bond acceptors (Lipinski definition) is 3. The van der Waals surface area contributed by atoms with E-state index in [1.807, 2.05) is 6.07 Å². The van der Waals surface area contributed by atoms with Crippen LogP contribution in [0.3, 0.4) is 0 Å². The molecule has 3 rings (SSSR count). The molecule has 2 aromatic carbocycles. The van der Waals surface area contributed by atoms with Crippen molar-refractivity contribution >= 4 is 23.7 Å². The highest BCUT2D eigenvalue weighted by molar-refractivity contribution is 6.30. The van der Waals surface area contributed by atoms with Crippen molar-refractivity contribution in [1.82, 2.24) is 9.99 Å². The van der Waals surface area contributed by atoms with Gasteiger partial charge >= 0.3 is 0 Å². The van der Waals surface area contributed by atoms with Crippen LogP contribution in [0.2, 0.25) is 5.02 Å². The maximum Gasteiger partial charge on any atom is 0.276 e. The van der Waals surface area contributed by atoms with Crippen molar-refractivity contribution in [1.29, 1.82) is 0 Å². The van der Waals surface area contributed by atoms with Gasteiger partial charge in [0.25, 0.3) is 11.5 Å². The first-order chi connectivity index (χ1) is 13.0. The minimum atomic E-state index is -0.673. The minimum absolute atomic E-state index is 0.0646. The van der Waals surface area contributed by atoms with Crippen molar-refractivity contribution in [2.24, 2.45) is 5.10 Å². The molecule has 1 N–H and O–H groups in total. The maximum atomic E-state index is 13.5. The van der Waals surface area contributed by atoms with Gasteiger partial charge in [-0.3, -0.25) is 9.59 Å². The highest BCUT2D eigenvalue weighted by atomic mass is 35.5. The predicted octanol–water partition coefficient (Wildman–Crippen LogP) is 3.45. The highest BCUT2D eigenvalue weighted by Crippen LogP contribution is 2.11. The molecule has 0 saturated carbocycles. The van der Waals surface area contributed by atoms with Crippen LogP contribution in [0.4, 0.5) is 4.39 Å². The van der Waals surface area contributed by atoms with Gasteiger partial charge < -0.3 is 4.57 Å². The molecule has 0 aliphatic heterocycles. The largest absolute Gasteiger partial charge is 0.310 e. The number of carbonyl (C=O) groups is 1. The summed E-state index contributed by atoms with van der Waals surface area (Å²) in [5.74, 6) is -1.13. The van der Waals surface area contributed by atoms with E-state index in [0.29, 0.717) is 5.02 Å². The van der Waals surface area contributed by atoms with Gasteiger partial charge in [-0.05, 0) is 35.9 Å². The molecule has 0 fully saturated rings. The fourth-order valence-corrected chi connectivity index (χ4v) is 2.68. The number of nitrogens with one attached hydrogen (secondary N) is 1. The smallest absolute Gasteiger partial charge is 0.276 e. The van der Waals surface area contributed by atoms with E-state index in [1.165, 1.54) is 29.0 Å². The van der Waals surface area contributed by atoms with Crippen molar-refractivity contribution in [3.63, 3.8) is 0 Å². The Hall–Kier alpha value is -3.25. The average molecular weight is 384 g/mol. The number of halogens is 2. The third-order valence-electron chi connectivity index (χ3n) is 3.78. The Morgan fingerprint density at radius 3 is 2.74 bits per heavy atom. The van der Waals surface area contributed by atoms with Crippen LogP contribution in [0.1, 0.15) is 21.5 Å². The molecule has 0 aliphatic carbocycles. The molecule has 1 amide bonds. The summed E-state index contributed by atoms with van der Waals surface area (Å²) in [4.78, 5) is 24.8. The van der Waals surface area contributed by atoms with E-state index in [2.05, 4.69) is 10.5 Å². The lowest BCUT2D eigenvalue weighted by Gasteiger charge is -2.08. The van der Waals surface area contributed by atoms with Crippen LogP contribution in [-0.4, -0.2) is 16.7 Å². The molecule has 136 valence electrons. The fraction of sp³-hybridized carbons (Fsp3) is 0.0500. The number of amides is 1.